The number of ether oxygens (including phenoxy) is 1. The predicted octanol–water partition coefficient (Wildman–Crippen LogP) is 5.01. The Hall–Kier alpha value is -3.49. The van der Waals surface area contributed by atoms with Crippen molar-refractivity contribution in [3.8, 4) is 11.3 Å². The zero-order chi connectivity index (χ0) is 25.1. The Labute approximate surface area is 212 Å². The van der Waals surface area contributed by atoms with Gasteiger partial charge >= 0.3 is 6.09 Å². The van der Waals surface area contributed by atoms with E-state index in [1.165, 1.54) is 0 Å². The fourth-order valence-electron chi connectivity index (χ4n) is 4.69. The number of benzene rings is 1. The van der Waals surface area contributed by atoms with Gasteiger partial charge in [-0.1, -0.05) is 43.7 Å². The van der Waals surface area contributed by atoms with E-state index in [4.69, 9.17) is 19.8 Å². The molecular weight excluding hydrogens is 454 g/mol. The van der Waals surface area contributed by atoms with Crippen molar-refractivity contribution in [1.82, 2.24) is 29.4 Å². The molecule has 3 heterocycles. The highest BCUT2D eigenvalue weighted by Gasteiger charge is 2.34. The van der Waals surface area contributed by atoms with Gasteiger partial charge in [-0.3, -0.25) is 0 Å². The number of likely N-dealkylation sites (tertiary alicyclic amines) is 1. The molecular formula is C27H35N7O2. The number of unbranched alkanes of at least 4 members (excludes halogenated alkanes) is 1. The van der Waals surface area contributed by atoms with E-state index in [1.807, 2.05) is 37.2 Å². The van der Waals surface area contributed by atoms with Crippen LogP contribution in [0.4, 0.5) is 10.7 Å². The molecule has 1 aromatic carbocycles. The lowest BCUT2D eigenvalue weighted by Gasteiger charge is -2.30. The van der Waals surface area contributed by atoms with Crippen molar-refractivity contribution in [3.63, 3.8) is 0 Å². The summed E-state index contributed by atoms with van der Waals surface area (Å²) in [6, 6.07) is 10.3. The van der Waals surface area contributed by atoms with Crippen molar-refractivity contribution < 1.29 is 9.53 Å². The zero-order valence-corrected chi connectivity index (χ0v) is 21.4. The number of hydrogen-bond donors (Lipinski definition) is 0. The van der Waals surface area contributed by atoms with E-state index in [0.29, 0.717) is 31.6 Å². The van der Waals surface area contributed by atoms with Crippen molar-refractivity contribution in [2.24, 2.45) is 4.99 Å². The molecule has 1 saturated carbocycles. The van der Waals surface area contributed by atoms with Crippen molar-refractivity contribution >= 4 is 24.0 Å². The number of aromatic nitrogens is 4. The average Bonchev–Trinajstić information content (AvgIpc) is 3.64. The van der Waals surface area contributed by atoms with Crippen LogP contribution < -0.4 is 0 Å². The van der Waals surface area contributed by atoms with Gasteiger partial charge < -0.3 is 14.5 Å². The lowest BCUT2D eigenvalue weighted by atomic mass is 9.98. The summed E-state index contributed by atoms with van der Waals surface area (Å²) in [4.78, 5) is 31.0. The third-order valence-electron chi connectivity index (χ3n) is 6.73. The van der Waals surface area contributed by atoms with Crippen molar-refractivity contribution in [3.05, 3.63) is 41.7 Å². The molecule has 1 amide bonds. The molecule has 1 aliphatic carbocycles. The van der Waals surface area contributed by atoms with Gasteiger partial charge in [-0.2, -0.15) is 4.52 Å². The summed E-state index contributed by atoms with van der Waals surface area (Å²) in [6.45, 7) is 3.83. The smallest absolute Gasteiger partial charge is 0.409 e. The van der Waals surface area contributed by atoms with Gasteiger partial charge in [-0.25, -0.2) is 19.8 Å². The monoisotopic (exact) mass is 489 g/mol. The second kappa shape index (κ2) is 10.6. The van der Waals surface area contributed by atoms with E-state index >= 15 is 0 Å². The molecule has 1 saturated heterocycles. The van der Waals surface area contributed by atoms with Crippen LogP contribution in [0.5, 0.6) is 0 Å². The maximum absolute atomic E-state index is 12.6. The minimum absolute atomic E-state index is 0.0512. The fraction of sp³-hybridized carbons (Fsp3) is 0.519. The topological polar surface area (TPSA) is 88.2 Å². The van der Waals surface area contributed by atoms with Gasteiger partial charge in [-0.15, -0.1) is 5.10 Å². The highest BCUT2D eigenvalue weighted by atomic mass is 16.6. The van der Waals surface area contributed by atoms with Gasteiger partial charge in [0.05, 0.1) is 18.6 Å². The van der Waals surface area contributed by atoms with Crippen LogP contribution >= 0.6 is 0 Å². The van der Waals surface area contributed by atoms with E-state index in [-0.39, 0.29) is 12.0 Å². The Bertz CT molecular complexity index is 1230. The Kier molecular flexibility index (Phi) is 7.16. The normalized spacial score (nSPS) is 18.2. The average molecular weight is 490 g/mol. The maximum atomic E-state index is 12.6. The Morgan fingerprint density at radius 1 is 1.17 bits per heavy atom. The van der Waals surface area contributed by atoms with Crippen LogP contribution in [0.2, 0.25) is 0 Å². The number of carbonyl (C=O) groups is 1. The highest BCUT2D eigenvalue weighted by Crippen LogP contribution is 2.46. The molecule has 3 aromatic rings. The molecule has 2 aromatic heterocycles. The predicted molar refractivity (Wildman–Crippen MR) is 140 cm³/mol. The number of piperidine rings is 1. The van der Waals surface area contributed by atoms with Crippen LogP contribution in [0, 0.1) is 0 Å². The van der Waals surface area contributed by atoms with Crippen LogP contribution in [0.1, 0.15) is 68.7 Å². The molecule has 2 aliphatic rings. The van der Waals surface area contributed by atoms with Gasteiger partial charge in [0, 0.05) is 44.2 Å². The Balaban J connectivity index is 1.54. The van der Waals surface area contributed by atoms with Gasteiger partial charge in [0.15, 0.2) is 11.5 Å². The Morgan fingerprint density at radius 2 is 1.97 bits per heavy atom. The third-order valence-corrected chi connectivity index (χ3v) is 6.73. The lowest BCUT2D eigenvalue weighted by molar-refractivity contribution is 0.0898. The summed E-state index contributed by atoms with van der Waals surface area (Å²) in [5.41, 5.74) is 3.97. The van der Waals surface area contributed by atoms with Gasteiger partial charge in [0.2, 0.25) is 0 Å². The first-order valence-electron chi connectivity index (χ1n) is 13.0. The molecule has 0 N–H and O–H groups in total. The van der Waals surface area contributed by atoms with Crippen molar-refractivity contribution in [2.45, 2.75) is 57.3 Å². The van der Waals surface area contributed by atoms with Crippen LogP contribution in [0.15, 0.2) is 35.3 Å². The fourth-order valence-corrected chi connectivity index (χ4v) is 4.69. The number of amides is 1. The largest absolute Gasteiger partial charge is 0.449 e. The first-order chi connectivity index (χ1) is 17.5. The molecule has 9 nitrogen and oxygen atoms in total. The van der Waals surface area contributed by atoms with Gasteiger partial charge in [0.25, 0.3) is 5.95 Å². The molecule has 9 heteroatoms. The number of aliphatic imine (C=N–C) groups is 1. The molecule has 0 radical (unpaired) electrons. The first-order valence-corrected chi connectivity index (χ1v) is 13.0. The summed E-state index contributed by atoms with van der Waals surface area (Å²) in [5, 5.41) is 4.92. The van der Waals surface area contributed by atoms with E-state index in [1.54, 1.807) is 15.8 Å². The molecule has 190 valence electrons. The van der Waals surface area contributed by atoms with Gasteiger partial charge in [0.1, 0.15) is 0 Å². The van der Waals surface area contributed by atoms with Crippen molar-refractivity contribution in [2.75, 3.05) is 33.8 Å². The van der Waals surface area contributed by atoms with Crippen LogP contribution in [0.25, 0.3) is 16.9 Å². The molecule has 0 bridgehead atoms. The summed E-state index contributed by atoms with van der Waals surface area (Å²) in [6.07, 6.45) is 7.47. The zero-order valence-electron chi connectivity index (χ0n) is 21.4. The summed E-state index contributed by atoms with van der Waals surface area (Å²) >= 11 is 0. The second-order valence-corrected chi connectivity index (χ2v) is 9.98. The molecule has 2 fully saturated rings. The lowest BCUT2D eigenvalue weighted by Crippen LogP contribution is -2.39. The number of nitrogens with zero attached hydrogens (tertiary/aromatic N) is 7. The van der Waals surface area contributed by atoms with E-state index in [0.717, 1.165) is 66.8 Å². The minimum atomic E-state index is -0.236. The first kappa shape index (κ1) is 24.2. The molecule has 1 atom stereocenters. The number of rotatable bonds is 8. The third kappa shape index (κ3) is 5.20. The number of fused-ring (bicyclic) bond motifs is 1. The summed E-state index contributed by atoms with van der Waals surface area (Å²) < 4.78 is 7.27. The SMILES string of the molecule is CCCCOC(=O)N1CCCC(c2nc3c(C4CC4)c(-c4ccccc4)nc(N=CN(C)C)n3n2)C1. The number of carbonyl (C=O) groups excluding carboxylic acids is 1. The molecule has 1 aliphatic heterocycles. The molecule has 0 spiro atoms. The Morgan fingerprint density at radius 3 is 2.69 bits per heavy atom. The quantitative estimate of drug-likeness (QED) is 0.251. The van der Waals surface area contributed by atoms with Crippen LogP contribution in [-0.4, -0.2) is 75.6 Å². The standard InChI is InChI=1S/C27H35N7O2/c1-4-5-16-36-27(35)33-15-9-12-21(17-33)24-30-25-22(19-13-14-19)23(20-10-7-6-8-11-20)29-26(34(25)31-24)28-18-32(2)3/h6-8,10-11,18-19,21H,4-5,9,12-17H2,1-3H3. The van der Waals surface area contributed by atoms with Crippen LogP contribution in [-0.2, 0) is 4.74 Å². The van der Waals surface area contributed by atoms with E-state index < -0.39 is 0 Å². The van der Waals surface area contributed by atoms with E-state index in [9.17, 15) is 4.79 Å². The minimum Gasteiger partial charge on any atom is -0.449 e. The van der Waals surface area contributed by atoms with Gasteiger partial charge in [-0.05, 0) is 38.0 Å². The molecule has 5 rings (SSSR count). The maximum Gasteiger partial charge on any atom is 0.409 e. The molecule has 36 heavy (non-hydrogen) atoms. The van der Waals surface area contributed by atoms with Crippen LogP contribution in [0.3, 0.4) is 0 Å². The van der Waals surface area contributed by atoms with E-state index in [2.05, 4.69) is 24.0 Å². The summed E-state index contributed by atoms with van der Waals surface area (Å²) in [7, 11) is 3.86. The molecule has 1 unspecified atom stereocenters. The number of hydrogen-bond acceptors (Lipinski definition) is 6. The highest BCUT2D eigenvalue weighted by molar-refractivity contribution is 5.74. The van der Waals surface area contributed by atoms with Crippen molar-refractivity contribution in [1.29, 1.82) is 0 Å². The second-order valence-electron chi connectivity index (χ2n) is 9.98. The summed E-state index contributed by atoms with van der Waals surface area (Å²) in [5.74, 6) is 1.73.